The van der Waals surface area contributed by atoms with Crippen molar-refractivity contribution in [2.24, 2.45) is 0 Å². The van der Waals surface area contributed by atoms with Crippen LogP contribution in [0.4, 0.5) is 5.95 Å². The van der Waals surface area contributed by atoms with Crippen LogP contribution in [-0.4, -0.2) is 71.7 Å². The van der Waals surface area contributed by atoms with Crippen molar-refractivity contribution in [3.05, 3.63) is 48.1 Å². The molecule has 2 aliphatic heterocycles. The second-order valence-corrected chi connectivity index (χ2v) is 8.93. The van der Waals surface area contributed by atoms with Gasteiger partial charge in [0, 0.05) is 43.5 Å². The van der Waals surface area contributed by atoms with E-state index in [1.807, 2.05) is 42.2 Å². The first-order valence-electron chi connectivity index (χ1n) is 11.8. The Balaban J connectivity index is 1.30. The molecule has 10 heteroatoms. The Labute approximate surface area is 204 Å². The molecule has 0 radical (unpaired) electrons. The van der Waals surface area contributed by atoms with Crippen LogP contribution in [0.3, 0.4) is 0 Å². The maximum Gasteiger partial charge on any atom is 0.243 e. The number of oxazole rings is 1. The van der Waals surface area contributed by atoms with Gasteiger partial charge >= 0.3 is 0 Å². The third-order valence-electron chi connectivity index (χ3n) is 6.78. The number of amides is 1. The van der Waals surface area contributed by atoms with E-state index in [-0.39, 0.29) is 5.91 Å². The molecule has 184 valence electrons. The highest BCUT2D eigenvalue weighted by Crippen LogP contribution is 2.32. The van der Waals surface area contributed by atoms with Crippen LogP contribution in [-0.2, 0) is 11.3 Å². The number of nitrogens with one attached hydrogen (secondary N) is 1. The van der Waals surface area contributed by atoms with Crippen molar-refractivity contribution in [3.8, 4) is 23.0 Å². The Morgan fingerprint density at radius 1 is 1.11 bits per heavy atom. The SMILES string of the molecule is COc1cccc(-c2ocnc2CN2CCNC3(CCN(c4nc(C)cc(OC)n4)CC3)C2=O)c1. The van der Waals surface area contributed by atoms with Crippen molar-refractivity contribution in [2.45, 2.75) is 31.8 Å². The molecule has 10 nitrogen and oxygen atoms in total. The van der Waals surface area contributed by atoms with Gasteiger partial charge in [0.25, 0.3) is 0 Å². The molecule has 0 atom stereocenters. The molecule has 35 heavy (non-hydrogen) atoms. The summed E-state index contributed by atoms with van der Waals surface area (Å²) in [5, 5.41) is 3.52. The minimum atomic E-state index is -0.595. The van der Waals surface area contributed by atoms with Gasteiger partial charge in [-0.2, -0.15) is 4.98 Å². The first kappa shape index (κ1) is 23.1. The fraction of sp³-hybridized carbons (Fsp3) is 0.440. The minimum absolute atomic E-state index is 0.103. The number of piperazine rings is 1. The Kier molecular flexibility index (Phi) is 6.29. The third kappa shape index (κ3) is 4.53. The molecule has 1 amide bonds. The first-order valence-corrected chi connectivity index (χ1v) is 11.8. The van der Waals surface area contributed by atoms with Crippen LogP contribution in [0.2, 0.25) is 0 Å². The number of anilines is 1. The number of nitrogens with zero attached hydrogens (tertiary/aromatic N) is 5. The molecule has 2 fully saturated rings. The summed E-state index contributed by atoms with van der Waals surface area (Å²) in [5.41, 5.74) is 1.87. The Morgan fingerprint density at radius 2 is 1.94 bits per heavy atom. The molecule has 2 saturated heterocycles. The van der Waals surface area contributed by atoms with Gasteiger partial charge in [-0.1, -0.05) is 12.1 Å². The zero-order valence-electron chi connectivity index (χ0n) is 20.3. The quantitative estimate of drug-likeness (QED) is 0.572. The maximum atomic E-state index is 13.7. The van der Waals surface area contributed by atoms with Crippen LogP contribution in [0.25, 0.3) is 11.3 Å². The lowest BCUT2D eigenvalue weighted by Gasteiger charge is -2.46. The van der Waals surface area contributed by atoms with Crippen molar-refractivity contribution in [1.29, 1.82) is 0 Å². The average molecular weight is 479 g/mol. The molecule has 1 aromatic carbocycles. The molecule has 1 spiro atoms. The van der Waals surface area contributed by atoms with Gasteiger partial charge in [0.1, 0.15) is 17.0 Å². The van der Waals surface area contributed by atoms with Crippen molar-refractivity contribution in [3.63, 3.8) is 0 Å². The molecule has 3 aromatic rings. The molecule has 1 N–H and O–H groups in total. The highest BCUT2D eigenvalue weighted by Gasteiger charge is 2.46. The number of aromatic nitrogens is 3. The number of carbonyl (C=O) groups excluding carboxylic acids is 1. The molecule has 4 heterocycles. The van der Waals surface area contributed by atoms with E-state index in [1.165, 1.54) is 6.39 Å². The molecule has 0 bridgehead atoms. The van der Waals surface area contributed by atoms with E-state index in [0.29, 0.717) is 56.6 Å². The van der Waals surface area contributed by atoms with E-state index >= 15 is 0 Å². The normalized spacial score (nSPS) is 17.6. The van der Waals surface area contributed by atoms with Crippen LogP contribution in [0.15, 0.2) is 41.1 Å². The topological polar surface area (TPSA) is 106 Å². The van der Waals surface area contributed by atoms with Gasteiger partial charge in [-0.25, -0.2) is 9.97 Å². The number of methoxy groups -OCH3 is 2. The van der Waals surface area contributed by atoms with Gasteiger partial charge in [0.15, 0.2) is 12.2 Å². The van der Waals surface area contributed by atoms with E-state index < -0.39 is 5.54 Å². The average Bonchev–Trinajstić information content (AvgIpc) is 3.35. The smallest absolute Gasteiger partial charge is 0.243 e. The summed E-state index contributed by atoms with van der Waals surface area (Å²) in [4.78, 5) is 31.2. The number of piperidine rings is 1. The number of rotatable bonds is 6. The highest BCUT2D eigenvalue weighted by molar-refractivity contribution is 5.87. The van der Waals surface area contributed by atoms with Crippen molar-refractivity contribution in [1.82, 2.24) is 25.2 Å². The van der Waals surface area contributed by atoms with Gasteiger partial charge in [-0.15, -0.1) is 0 Å². The van der Waals surface area contributed by atoms with Crippen LogP contribution in [0.5, 0.6) is 11.6 Å². The van der Waals surface area contributed by atoms with Gasteiger partial charge in [-0.05, 0) is 31.9 Å². The lowest BCUT2D eigenvalue weighted by Crippen LogP contribution is -2.67. The lowest BCUT2D eigenvalue weighted by molar-refractivity contribution is -0.143. The second kappa shape index (κ2) is 9.53. The number of carbonyl (C=O) groups is 1. The minimum Gasteiger partial charge on any atom is -0.497 e. The molecule has 2 aromatic heterocycles. The summed E-state index contributed by atoms with van der Waals surface area (Å²) in [5.74, 6) is 2.69. The zero-order valence-corrected chi connectivity index (χ0v) is 20.3. The van der Waals surface area contributed by atoms with Gasteiger partial charge in [-0.3, -0.25) is 4.79 Å². The second-order valence-electron chi connectivity index (χ2n) is 8.93. The molecule has 0 unspecified atom stereocenters. The number of ether oxygens (including phenoxy) is 2. The van der Waals surface area contributed by atoms with Crippen LogP contribution >= 0.6 is 0 Å². The Morgan fingerprint density at radius 3 is 2.71 bits per heavy atom. The number of hydrogen-bond acceptors (Lipinski definition) is 9. The van der Waals surface area contributed by atoms with E-state index in [4.69, 9.17) is 13.9 Å². The van der Waals surface area contributed by atoms with E-state index in [2.05, 4.69) is 25.2 Å². The molecule has 0 saturated carbocycles. The predicted molar refractivity (Wildman–Crippen MR) is 129 cm³/mol. The number of benzene rings is 1. The van der Waals surface area contributed by atoms with Gasteiger partial charge in [0.05, 0.1) is 20.8 Å². The molecule has 5 rings (SSSR count). The van der Waals surface area contributed by atoms with Crippen molar-refractivity contribution < 1.29 is 18.7 Å². The van der Waals surface area contributed by atoms with E-state index in [9.17, 15) is 4.79 Å². The van der Waals surface area contributed by atoms with E-state index in [1.54, 1.807) is 14.2 Å². The molecular weight excluding hydrogens is 448 g/mol. The van der Waals surface area contributed by atoms with Crippen molar-refractivity contribution >= 4 is 11.9 Å². The summed E-state index contributed by atoms with van der Waals surface area (Å²) >= 11 is 0. The third-order valence-corrected chi connectivity index (χ3v) is 6.78. The standard InChI is InChI=1S/C25H30N6O4/c1-17-13-21(34-3)29-24(28-17)30-10-7-25(8-11-30)23(32)31(12-9-27-25)15-20-22(35-16-26-20)18-5-4-6-19(14-18)33-2/h4-6,13-14,16,27H,7-12,15H2,1-3H3. The van der Waals surface area contributed by atoms with Crippen LogP contribution < -0.4 is 19.7 Å². The van der Waals surface area contributed by atoms with Gasteiger partial charge in [0.2, 0.25) is 17.7 Å². The largest absolute Gasteiger partial charge is 0.497 e. The lowest BCUT2D eigenvalue weighted by atomic mass is 9.84. The molecule has 2 aliphatic rings. The molecule has 0 aliphatic carbocycles. The summed E-state index contributed by atoms with van der Waals surface area (Å²) in [6.45, 7) is 5.02. The summed E-state index contributed by atoms with van der Waals surface area (Å²) in [7, 11) is 3.23. The number of hydrogen-bond donors (Lipinski definition) is 1. The highest BCUT2D eigenvalue weighted by atomic mass is 16.5. The van der Waals surface area contributed by atoms with E-state index in [0.717, 1.165) is 29.2 Å². The first-order chi connectivity index (χ1) is 17.0. The maximum absolute atomic E-state index is 13.7. The van der Waals surface area contributed by atoms with Crippen molar-refractivity contribution in [2.75, 3.05) is 45.3 Å². The van der Waals surface area contributed by atoms with Crippen LogP contribution in [0, 0.1) is 6.92 Å². The fourth-order valence-electron chi connectivity index (χ4n) is 4.87. The molecular formula is C25H30N6O4. The van der Waals surface area contributed by atoms with Gasteiger partial charge < -0.3 is 29.0 Å². The Hall–Kier alpha value is -3.66. The zero-order chi connectivity index (χ0) is 24.4. The fourth-order valence-corrected chi connectivity index (χ4v) is 4.87. The summed E-state index contributed by atoms with van der Waals surface area (Å²) in [6, 6.07) is 9.46. The summed E-state index contributed by atoms with van der Waals surface area (Å²) < 4.78 is 16.3. The van der Waals surface area contributed by atoms with Crippen LogP contribution in [0.1, 0.15) is 24.2 Å². The Bertz CT molecular complexity index is 1200. The predicted octanol–water partition coefficient (Wildman–Crippen LogP) is 2.43. The summed E-state index contributed by atoms with van der Waals surface area (Å²) in [6.07, 6.45) is 2.77. The number of aryl methyl sites for hydroxylation is 1. The monoisotopic (exact) mass is 478 g/mol.